The predicted molar refractivity (Wildman–Crippen MR) is 128 cm³/mol. The van der Waals surface area contributed by atoms with Crippen LogP contribution in [0.5, 0.6) is 11.5 Å². The van der Waals surface area contributed by atoms with Crippen molar-refractivity contribution < 1.29 is 14.6 Å². The van der Waals surface area contributed by atoms with E-state index in [-0.39, 0.29) is 12.0 Å². The Morgan fingerprint density at radius 1 is 1.10 bits per heavy atom. The van der Waals surface area contributed by atoms with Crippen LogP contribution in [-0.4, -0.2) is 18.0 Å². The van der Waals surface area contributed by atoms with Gasteiger partial charge >= 0.3 is 0 Å². The molecule has 1 aliphatic heterocycles. The van der Waals surface area contributed by atoms with Gasteiger partial charge in [0.1, 0.15) is 11.5 Å². The van der Waals surface area contributed by atoms with Crippen molar-refractivity contribution in [1.82, 2.24) is 0 Å². The molecule has 3 nitrogen and oxygen atoms in total. The quantitative estimate of drug-likeness (QED) is 0.463. The lowest BCUT2D eigenvalue weighted by molar-refractivity contribution is -0.105. The first-order valence-electron chi connectivity index (χ1n) is 11.0. The average Bonchev–Trinajstić information content (AvgIpc) is 2.81. The van der Waals surface area contributed by atoms with Crippen molar-refractivity contribution in [1.29, 1.82) is 0 Å². The van der Waals surface area contributed by atoms with Crippen molar-refractivity contribution >= 4 is 5.57 Å². The highest BCUT2D eigenvalue weighted by molar-refractivity contribution is 5.85. The molecule has 3 rings (SSSR count). The minimum Gasteiger partial charge on any atom is -0.508 e. The average molecular weight is 417 g/mol. The number of aromatic hydroxyl groups is 1. The zero-order valence-electron chi connectivity index (χ0n) is 18.5. The molecular formula is C28H32O3. The highest BCUT2D eigenvalue weighted by atomic mass is 16.7. The third-order valence-corrected chi connectivity index (χ3v) is 5.43. The van der Waals surface area contributed by atoms with Gasteiger partial charge in [-0.25, -0.2) is 0 Å². The topological polar surface area (TPSA) is 38.7 Å². The third kappa shape index (κ3) is 5.99. The van der Waals surface area contributed by atoms with Crippen LogP contribution in [-0.2, 0) is 4.74 Å². The van der Waals surface area contributed by atoms with Crippen molar-refractivity contribution in [2.75, 3.05) is 6.61 Å². The summed E-state index contributed by atoms with van der Waals surface area (Å²) in [4.78, 5) is 0. The minimum atomic E-state index is -0.156. The number of rotatable bonds is 8. The van der Waals surface area contributed by atoms with Gasteiger partial charge in [0.15, 0.2) is 6.29 Å². The number of phenols is 1. The number of hydrogen-bond acceptors (Lipinski definition) is 3. The number of allylic oxidation sites excluding steroid dienone is 6. The van der Waals surface area contributed by atoms with Crippen molar-refractivity contribution in [3.05, 3.63) is 102 Å². The van der Waals surface area contributed by atoms with E-state index in [0.717, 1.165) is 60.3 Å². The SMILES string of the molecule is C=C\C=C/C(=C\C)C(/CC)=C(\c1ccc(O)cc1)c1ccc(OC2CCCCO2)cc1. The van der Waals surface area contributed by atoms with Crippen LogP contribution >= 0.6 is 0 Å². The number of phenolic OH excluding ortho intramolecular Hbond substituents is 1. The van der Waals surface area contributed by atoms with Gasteiger partial charge in [-0.05, 0) is 78.3 Å². The lowest BCUT2D eigenvalue weighted by Crippen LogP contribution is -2.24. The minimum absolute atomic E-state index is 0.156. The maximum atomic E-state index is 9.79. The lowest BCUT2D eigenvalue weighted by Gasteiger charge is -2.23. The summed E-state index contributed by atoms with van der Waals surface area (Å²) in [5.74, 6) is 1.08. The molecule has 0 spiro atoms. The van der Waals surface area contributed by atoms with Crippen LogP contribution in [0.25, 0.3) is 5.57 Å². The van der Waals surface area contributed by atoms with Gasteiger partial charge in [0.25, 0.3) is 0 Å². The first kappa shape index (κ1) is 22.6. The largest absolute Gasteiger partial charge is 0.508 e. The Bertz CT molecular complexity index is 941. The number of ether oxygens (including phenoxy) is 2. The fourth-order valence-corrected chi connectivity index (χ4v) is 3.87. The van der Waals surface area contributed by atoms with Crippen LogP contribution in [0.15, 0.2) is 90.6 Å². The van der Waals surface area contributed by atoms with Crippen molar-refractivity contribution in [3.63, 3.8) is 0 Å². The Labute approximate surface area is 186 Å². The lowest BCUT2D eigenvalue weighted by atomic mass is 9.87. The van der Waals surface area contributed by atoms with Crippen LogP contribution in [0.1, 0.15) is 50.7 Å². The van der Waals surface area contributed by atoms with E-state index < -0.39 is 0 Å². The highest BCUT2D eigenvalue weighted by Gasteiger charge is 2.17. The Hall–Kier alpha value is -3.04. The van der Waals surface area contributed by atoms with E-state index in [1.807, 2.05) is 37.3 Å². The van der Waals surface area contributed by atoms with E-state index in [4.69, 9.17) is 9.47 Å². The summed E-state index contributed by atoms with van der Waals surface area (Å²) in [6.45, 7) is 8.78. The van der Waals surface area contributed by atoms with Crippen molar-refractivity contribution in [2.45, 2.75) is 45.8 Å². The van der Waals surface area contributed by atoms with Gasteiger partial charge in [0.05, 0.1) is 6.61 Å². The molecule has 3 heteroatoms. The molecule has 1 saturated heterocycles. The molecule has 0 radical (unpaired) electrons. The molecule has 1 unspecified atom stereocenters. The molecule has 0 saturated carbocycles. The van der Waals surface area contributed by atoms with Gasteiger partial charge in [0, 0.05) is 6.42 Å². The Balaban J connectivity index is 2.02. The summed E-state index contributed by atoms with van der Waals surface area (Å²) in [7, 11) is 0. The van der Waals surface area contributed by atoms with E-state index in [2.05, 4.69) is 37.8 Å². The van der Waals surface area contributed by atoms with Gasteiger partial charge in [-0.1, -0.05) is 62.1 Å². The molecule has 2 aromatic carbocycles. The zero-order valence-corrected chi connectivity index (χ0v) is 18.5. The molecule has 2 aromatic rings. The molecule has 1 atom stereocenters. The van der Waals surface area contributed by atoms with Gasteiger partial charge in [-0.2, -0.15) is 0 Å². The van der Waals surface area contributed by atoms with Gasteiger partial charge in [-0.3, -0.25) is 0 Å². The van der Waals surface area contributed by atoms with Crippen molar-refractivity contribution in [2.24, 2.45) is 0 Å². The first-order valence-corrected chi connectivity index (χ1v) is 11.0. The van der Waals surface area contributed by atoms with Gasteiger partial charge in [-0.15, -0.1) is 0 Å². The smallest absolute Gasteiger partial charge is 0.199 e. The molecule has 1 fully saturated rings. The fraction of sp³-hybridized carbons (Fsp3) is 0.286. The maximum Gasteiger partial charge on any atom is 0.199 e. The van der Waals surface area contributed by atoms with E-state index in [1.165, 1.54) is 5.57 Å². The normalized spacial score (nSPS) is 18.0. The summed E-state index contributed by atoms with van der Waals surface area (Å²) >= 11 is 0. The molecule has 0 aliphatic carbocycles. The Morgan fingerprint density at radius 2 is 1.77 bits per heavy atom. The van der Waals surface area contributed by atoms with Gasteiger partial charge in [0.2, 0.25) is 0 Å². The van der Waals surface area contributed by atoms with Crippen LogP contribution in [0.3, 0.4) is 0 Å². The predicted octanol–water partition coefficient (Wildman–Crippen LogP) is 7.20. The zero-order chi connectivity index (χ0) is 22.1. The Morgan fingerprint density at radius 3 is 2.32 bits per heavy atom. The van der Waals surface area contributed by atoms with E-state index in [1.54, 1.807) is 18.2 Å². The summed E-state index contributed by atoms with van der Waals surface area (Å²) in [6, 6.07) is 15.6. The third-order valence-electron chi connectivity index (χ3n) is 5.43. The maximum absolute atomic E-state index is 9.79. The molecular weight excluding hydrogens is 384 g/mol. The van der Waals surface area contributed by atoms with E-state index >= 15 is 0 Å². The summed E-state index contributed by atoms with van der Waals surface area (Å²) in [5.41, 5.74) is 5.69. The molecule has 0 bridgehead atoms. The number of hydrogen-bond donors (Lipinski definition) is 1. The molecule has 162 valence electrons. The highest BCUT2D eigenvalue weighted by Crippen LogP contribution is 2.34. The van der Waals surface area contributed by atoms with Crippen LogP contribution in [0.4, 0.5) is 0 Å². The second kappa shape index (κ2) is 11.4. The second-order valence-corrected chi connectivity index (χ2v) is 7.53. The second-order valence-electron chi connectivity index (χ2n) is 7.53. The van der Waals surface area contributed by atoms with Crippen LogP contribution < -0.4 is 4.74 Å². The molecule has 31 heavy (non-hydrogen) atoms. The standard InChI is InChI=1S/C28H32O3/c1-4-7-10-21(5-2)26(6-3)28(22-12-16-24(29)17-13-22)23-14-18-25(19-15-23)31-27-11-8-9-20-30-27/h4-5,7,10,12-19,27,29H,1,6,8-9,11,20H2,2-3H3/b10-7-,21-5+,28-26+. The van der Waals surface area contributed by atoms with Crippen molar-refractivity contribution in [3.8, 4) is 11.5 Å². The molecule has 1 heterocycles. The van der Waals surface area contributed by atoms with Crippen LogP contribution in [0.2, 0.25) is 0 Å². The summed E-state index contributed by atoms with van der Waals surface area (Å²) in [5, 5.41) is 9.79. The molecule has 0 amide bonds. The molecule has 1 N–H and O–H groups in total. The number of benzene rings is 2. The first-order chi connectivity index (χ1) is 15.2. The fourth-order valence-electron chi connectivity index (χ4n) is 3.87. The van der Waals surface area contributed by atoms with E-state index in [9.17, 15) is 5.11 Å². The monoisotopic (exact) mass is 416 g/mol. The van der Waals surface area contributed by atoms with Crippen LogP contribution in [0, 0.1) is 0 Å². The summed E-state index contributed by atoms with van der Waals surface area (Å²) in [6.07, 6.45) is 11.8. The Kier molecular flexibility index (Phi) is 8.31. The molecule has 0 aromatic heterocycles. The van der Waals surface area contributed by atoms with Gasteiger partial charge < -0.3 is 14.6 Å². The molecule has 1 aliphatic rings. The summed E-state index contributed by atoms with van der Waals surface area (Å²) < 4.78 is 11.7. The van der Waals surface area contributed by atoms with E-state index in [0.29, 0.717) is 0 Å².